The Morgan fingerprint density at radius 2 is 2.11 bits per heavy atom. The van der Waals surface area contributed by atoms with Gasteiger partial charge in [0.2, 0.25) is 5.91 Å². The number of benzene rings is 1. The van der Waals surface area contributed by atoms with E-state index in [1.54, 1.807) is 0 Å². The van der Waals surface area contributed by atoms with Gasteiger partial charge in [-0.1, -0.05) is 30.3 Å². The maximum absolute atomic E-state index is 11.3. The molecule has 1 N–H and O–H groups in total. The molecule has 1 aliphatic heterocycles. The van der Waals surface area contributed by atoms with E-state index in [0.717, 1.165) is 18.7 Å². The smallest absolute Gasteiger partial charge is 0.221 e. The summed E-state index contributed by atoms with van der Waals surface area (Å²) < 4.78 is 0. The van der Waals surface area contributed by atoms with Gasteiger partial charge in [0.05, 0.1) is 12.0 Å². The molecule has 2 rings (SSSR count). The summed E-state index contributed by atoms with van der Waals surface area (Å²) >= 11 is 0. The lowest BCUT2D eigenvalue weighted by Crippen LogP contribution is -2.31. The molecule has 4 heteroatoms. The molecule has 1 aliphatic rings. The van der Waals surface area contributed by atoms with Gasteiger partial charge in [-0.3, -0.25) is 9.69 Å². The molecule has 1 unspecified atom stereocenters. The Labute approximate surface area is 107 Å². The Balaban J connectivity index is 1.99. The molecular weight excluding hydrogens is 226 g/mol. The van der Waals surface area contributed by atoms with Gasteiger partial charge in [0.1, 0.15) is 0 Å². The van der Waals surface area contributed by atoms with Crippen molar-refractivity contribution in [2.75, 3.05) is 26.2 Å². The third-order valence-electron chi connectivity index (χ3n) is 3.20. The molecule has 0 radical (unpaired) electrons. The van der Waals surface area contributed by atoms with Crippen LogP contribution in [0.5, 0.6) is 0 Å². The first-order valence-electron chi connectivity index (χ1n) is 6.23. The standard InChI is InChI=1S/C14H17N3O/c15-10-13(12-4-2-1-3-5-12)11-17-8-6-14(18)16-7-9-17/h1-5,13H,6-9,11H2,(H,16,18). The Kier molecular flexibility index (Phi) is 4.32. The topological polar surface area (TPSA) is 56.1 Å². The van der Waals surface area contributed by atoms with Crippen molar-refractivity contribution in [3.05, 3.63) is 35.9 Å². The van der Waals surface area contributed by atoms with Crippen LogP contribution in [-0.4, -0.2) is 37.0 Å². The SMILES string of the molecule is N#CC(CN1CCNC(=O)CC1)c1ccccc1. The number of nitrogens with zero attached hydrogens (tertiary/aromatic N) is 2. The zero-order valence-electron chi connectivity index (χ0n) is 10.3. The van der Waals surface area contributed by atoms with E-state index in [2.05, 4.69) is 16.3 Å². The van der Waals surface area contributed by atoms with Crippen LogP contribution in [0.3, 0.4) is 0 Å². The van der Waals surface area contributed by atoms with E-state index in [-0.39, 0.29) is 11.8 Å². The predicted molar refractivity (Wildman–Crippen MR) is 68.9 cm³/mol. The second-order valence-electron chi connectivity index (χ2n) is 4.49. The van der Waals surface area contributed by atoms with Crippen molar-refractivity contribution in [2.24, 2.45) is 0 Å². The lowest BCUT2D eigenvalue weighted by molar-refractivity contribution is -0.120. The Morgan fingerprint density at radius 1 is 1.33 bits per heavy atom. The summed E-state index contributed by atoms with van der Waals surface area (Å²) in [5, 5.41) is 12.1. The molecule has 4 nitrogen and oxygen atoms in total. The summed E-state index contributed by atoms with van der Waals surface area (Å²) in [6.07, 6.45) is 0.521. The zero-order valence-corrected chi connectivity index (χ0v) is 10.3. The fourth-order valence-electron chi connectivity index (χ4n) is 2.16. The van der Waals surface area contributed by atoms with Gasteiger partial charge in [-0.25, -0.2) is 0 Å². The number of rotatable bonds is 3. The number of hydrogen-bond donors (Lipinski definition) is 1. The van der Waals surface area contributed by atoms with Crippen molar-refractivity contribution in [3.63, 3.8) is 0 Å². The van der Waals surface area contributed by atoms with Crippen LogP contribution >= 0.6 is 0 Å². The number of hydrogen-bond acceptors (Lipinski definition) is 3. The number of nitriles is 1. The second-order valence-corrected chi connectivity index (χ2v) is 4.49. The highest BCUT2D eigenvalue weighted by atomic mass is 16.1. The monoisotopic (exact) mass is 243 g/mol. The van der Waals surface area contributed by atoms with Crippen molar-refractivity contribution in [2.45, 2.75) is 12.3 Å². The molecular formula is C14H17N3O. The van der Waals surface area contributed by atoms with Gasteiger partial charge in [-0.2, -0.15) is 5.26 Å². The molecule has 0 saturated carbocycles. The van der Waals surface area contributed by atoms with Crippen molar-refractivity contribution in [1.29, 1.82) is 5.26 Å². The average Bonchev–Trinajstić information content (AvgIpc) is 2.62. The van der Waals surface area contributed by atoms with E-state index in [4.69, 9.17) is 0 Å². The molecule has 0 aromatic heterocycles. The highest BCUT2D eigenvalue weighted by Gasteiger charge is 2.18. The van der Waals surface area contributed by atoms with Gasteiger partial charge in [0.25, 0.3) is 0 Å². The summed E-state index contributed by atoms with van der Waals surface area (Å²) in [5.74, 6) is -0.0230. The molecule has 1 atom stereocenters. The average molecular weight is 243 g/mol. The molecule has 0 aliphatic carbocycles. The van der Waals surface area contributed by atoms with Crippen LogP contribution in [0, 0.1) is 11.3 Å². The number of amides is 1. The van der Waals surface area contributed by atoms with Crippen LogP contribution in [-0.2, 0) is 4.79 Å². The Morgan fingerprint density at radius 3 is 2.83 bits per heavy atom. The quantitative estimate of drug-likeness (QED) is 0.865. The van der Waals surface area contributed by atoms with E-state index in [1.165, 1.54) is 0 Å². The summed E-state index contributed by atoms with van der Waals surface area (Å²) in [6.45, 7) is 2.91. The van der Waals surface area contributed by atoms with Crippen molar-refractivity contribution < 1.29 is 4.79 Å². The van der Waals surface area contributed by atoms with E-state index in [9.17, 15) is 10.1 Å². The van der Waals surface area contributed by atoms with Crippen LogP contribution in [0.25, 0.3) is 0 Å². The number of nitrogens with one attached hydrogen (secondary N) is 1. The molecule has 1 heterocycles. The zero-order chi connectivity index (χ0) is 12.8. The highest BCUT2D eigenvalue weighted by Crippen LogP contribution is 2.16. The van der Waals surface area contributed by atoms with Crippen LogP contribution in [0.4, 0.5) is 0 Å². The predicted octanol–water partition coefficient (Wildman–Crippen LogP) is 1.12. The van der Waals surface area contributed by atoms with Crippen LogP contribution in [0.15, 0.2) is 30.3 Å². The minimum absolute atomic E-state index is 0.103. The van der Waals surface area contributed by atoms with Crippen LogP contribution in [0.1, 0.15) is 17.9 Å². The van der Waals surface area contributed by atoms with E-state index in [0.29, 0.717) is 19.5 Å². The van der Waals surface area contributed by atoms with Gasteiger partial charge < -0.3 is 5.32 Å². The van der Waals surface area contributed by atoms with Gasteiger partial charge >= 0.3 is 0 Å². The second kappa shape index (κ2) is 6.18. The van der Waals surface area contributed by atoms with Gasteiger partial charge in [0.15, 0.2) is 0 Å². The molecule has 1 saturated heterocycles. The van der Waals surface area contributed by atoms with Crippen molar-refractivity contribution in [1.82, 2.24) is 10.2 Å². The summed E-state index contributed by atoms with van der Waals surface area (Å²) in [5.41, 5.74) is 1.04. The maximum atomic E-state index is 11.3. The normalized spacial score (nSPS) is 18.5. The fraction of sp³-hybridized carbons (Fsp3) is 0.429. The summed E-state index contributed by atoms with van der Waals surface area (Å²) in [4.78, 5) is 13.4. The lowest BCUT2D eigenvalue weighted by atomic mass is 10.00. The van der Waals surface area contributed by atoms with E-state index < -0.39 is 0 Å². The molecule has 0 spiro atoms. The van der Waals surface area contributed by atoms with E-state index >= 15 is 0 Å². The van der Waals surface area contributed by atoms with Gasteiger partial charge in [-0.05, 0) is 5.56 Å². The summed E-state index contributed by atoms with van der Waals surface area (Å²) in [7, 11) is 0. The molecule has 1 fully saturated rings. The fourth-order valence-corrected chi connectivity index (χ4v) is 2.16. The maximum Gasteiger partial charge on any atom is 0.221 e. The first kappa shape index (κ1) is 12.6. The first-order valence-corrected chi connectivity index (χ1v) is 6.23. The minimum Gasteiger partial charge on any atom is -0.355 e. The van der Waals surface area contributed by atoms with Crippen LogP contribution < -0.4 is 5.32 Å². The Bertz CT molecular complexity index is 438. The first-order chi connectivity index (χ1) is 8.79. The van der Waals surface area contributed by atoms with Crippen molar-refractivity contribution >= 4 is 5.91 Å². The summed E-state index contributed by atoms with van der Waals surface area (Å²) in [6, 6.07) is 12.2. The van der Waals surface area contributed by atoms with E-state index in [1.807, 2.05) is 30.3 Å². The Hall–Kier alpha value is -1.86. The largest absolute Gasteiger partial charge is 0.355 e. The van der Waals surface area contributed by atoms with Gasteiger partial charge in [0, 0.05) is 32.6 Å². The molecule has 0 bridgehead atoms. The third kappa shape index (κ3) is 3.31. The third-order valence-corrected chi connectivity index (χ3v) is 3.20. The molecule has 94 valence electrons. The molecule has 1 aromatic rings. The lowest BCUT2D eigenvalue weighted by Gasteiger charge is -2.22. The molecule has 1 aromatic carbocycles. The van der Waals surface area contributed by atoms with Crippen LogP contribution in [0.2, 0.25) is 0 Å². The minimum atomic E-state index is -0.126. The van der Waals surface area contributed by atoms with Crippen molar-refractivity contribution in [3.8, 4) is 6.07 Å². The highest BCUT2D eigenvalue weighted by molar-refractivity contribution is 5.76. The van der Waals surface area contributed by atoms with Gasteiger partial charge in [-0.15, -0.1) is 0 Å². The molecule has 1 amide bonds. The number of carbonyl (C=O) groups excluding carboxylic acids is 1. The molecule has 18 heavy (non-hydrogen) atoms. The number of carbonyl (C=O) groups is 1.